The first-order valence-electron chi connectivity index (χ1n) is 8.57. The number of nitrogens with zero attached hydrogens (tertiary/aromatic N) is 5. The molecule has 2 aromatic rings. The van der Waals surface area contributed by atoms with Crippen LogP contribution in [-0.2, 0) is 13.0 Å². The summed E-state index contributed by atoms with van der Waals surface area (Å²) < 4.78 is 0. The van der Waals surface area contributed by atoms with Gasteiger partial charge in [-0.15, -0.1) is 10.2 Å². The molecular weight excluding hydrogens is 318 g/mol. The zero-order valence-electron chi connectivity index (χ0n) is 14.1. The quantitative estimate of drug-likeness (QED) is 0.836. The van der Waals surface area contributed by atoms with Gasteiger partial charge in [0.05, 0.1) is 11.6 Å². The SMILES string of the molecule is CCCc1nnc(N2CCCN(Cc3ccc(C#N)cc3)CC2)s1. The lowest BCUT2D eigenvalue weighted by Gasteiger charge is -2.21. The van der Waals surface area contributed by atoms with Crippen LogP contribution >= 0.6 is 11.3 Å². The third-order valence-corrected chi connectivity index (χ3v) is 5.31. The van der Waals surface area contributed by atoms with Gasteiger partial charge < -0.3 is 4.90 Å². The Morgan fingerprint density at radius 3 is 2.71 bits per heavy atom. The van der Waals surface area contributed by atoms with Crippen LogP contribution in [0.1, 0.15) is 35.9 Å². The third kappa shape index (κ3) is 4.31. The van der Waals surface area contributed by atoms with Gasteiger partial charge in [0.15, 0.2) is 0 Å². The van der Waals surface area contributed by atoms with Gasteiger partial charge in [-0.2, -0.15) is 5.26 Å². The molecule has 1 aromatic carbocycles. The predicted molar refractivity (Wildman–Crippen MR) is 97.2 cm³/mol. The van der Waals surface area contributed by atoms with Crippen LogP contribution < -0.4 is 4.90 Å². The van der Waals surface area contributed by atoms with Crippen LogP contribution in [0.3, 0.4) is 0 Å². The Balaban J connectivity index is 1.56. The second-order valence-electron chi connectivity index (χ2n) is 6.15. The van der Waals surface area contributed by atoms with Gasteiger partial charge in [0, 0.05) is 39.1 Å². The van der Waals surface area contributed by atoms with Gasteiger partial charge in [-0.3, -0.25) is 4.90 Å². The Morgan fingerprint density at radius 1 is 1.12 bits per heavy atom. The molecule has 0 radical (unpaired) electrons. The van der Waals surface area contributed by atoms with E-state index in [1.165, 1.54) is 5.56 Å². The largest absolute Gasteiger partial charge is 0.345 e. The van der Waals surface area contributed by atoms with Crippen molar-refractivity contribution in [1.29, 1.82) is 5.26 Å². The number of rotatable bonds is 5. The van der Waals surface area contributed by atoms with E-state index < -0.39 is 0 Å². The highest BCUT2D eigenvalue weighted by atomic mass is 32.1. The molecule has 0 spiro atoms. The maximum absolute atomic E-state index is 8.88. The molecule has 0 atom stereocenters. The molecule has 1 saturated heterocycles. The third-order valence-electron chi connectivity index (χ3n) is 4.27. The summed E-state index contributed by atoms with van der Waals surface area (Å²) in [5.74, 6) is 0. The van der Waals surface area contributed by atoms with E-state index in [4.69, 9.17) is 5.26 Å². The second kappa shape index (κ2) is 8.22. The van der Waals surface area contributed by atoms with Crippen LogP contribution in [0.4, 0.5) is 5.13 Å². The Morgan fingerprint density at radius 2 is 1.96 bits per heavy atom. The summed E-state index contributed by atoms with van der Waals surface area (Å²) in [6.45, 7) is 7.28. The molecule has 0 N–H and O–H groups in total. The Bertz CT molecular complexity index is 688. The van der Waals surface area contributed by atoms with Crippen molar-refractivity contribution in [3.05, 3.63) is 40.4 Å². The van der Waals surface area contributed by atoms with Crippen molar-refractivity contribution < 1.29 is 0 Å². The fourth-order valence-electron chi connectivity index (χ4n) is 2.95. The van der Waals surface area contributed by atoms with Gasteiger partial charge in [-0.1, -0.05) is 30.4 Å². The first kappa shape index (κ1) is 16.9. The predicted octanol–water partition coefficient (Wildman–Crippen LogP) is 3.07. The van der Waals surface area contributed by atoms with E-state index in [1.807, 2.05) is 12.1 Å². The Labute approximate surface area is 147 Å². The molecule has 1 aromatic heterocycles. The summed E-state index contributed by atoms with van der Waals surface area (Å²) in [7, 11) is 0. The lowest BCUT2D eigenvalue weighted by atomic mass is 10.1. The van der Waals surface area contributed by atoms with Crippen LogP contribution in [0.25, 0.3) is 0 Å². The second-order valence-corrected chi connectivity index (χ2v) is 7.19. The highest BCUT2D eigenvalue weighted by molar-refractivity contribution is 7.15. The number of nitriles is 1. The van der Waals surface area contributed by atoms with E-state index in [-0.39, 0.29) is 0 Å². The number of aromatic nitrogens is 2. The highest BCUT2D eigenvalue weighted by Crippen LogP contribution is 2.22. The summed E-state index contributed by atoms with van der Waals surface area (Å²) in [4.78, 5) is 4.85. The van der Waals surface area contributed by atoms with E-state index in [0.29, 0.717) is 0 Å². The van der Waals surface area contributed by atoms with Crippen molar-refractivity contribution in [2.24, 2.45) is 0 Å². The lowest BCUT2D eigenvalue weighted by Crippen LogP contribution is -2.30. The molecule has 0 unspecified atom stereocenters. The average molecular weight is 341 g/mol. The smallest absolute Gasteiger partial charge is 0.208 e. The molecule has 2 heterocycles. The number of hydrogen-bond acceptors (Lipinski definition) is 6. The number of benzene rings is 1. The molecular formula is C18H23N5S. The number of anilines is 1. The Kier molecular flexibility index (Phi) is 5.78. The standard InChI is InChI=1S/C18H23N5S/c1-2-4-17-20-21-18(24-17)23-10-3-9-22(11-12-23)14-16-7-5-15(13-19)6-8-16/h5-8H,2-4,9-12,14H2,1H3. The fraction of sp³-hybridized carbons (Fsp3) is 0.500. The first-order valence-corrected chi connectivity index (χ1v) is 9.39. The molecule has 0 amide bonds. The minimum absolute atomic E-state index is 0.722. The topological polar surface area (TPSA) is 56.1 Å². The monoisotopic (exact) mass is 341 g/mol. The van der Waals surface area contributed by atoms with Gasteiger partial charge >= 0.3 is 0 Å². The maximum atomic E-state index is 8.88. The van der Waals surface area contributed by atoms with Crippen molar-refractivity contribution in [3.8, 4) is 6.07 Å². The molecule has 5 nitrogen and oxygen atoms in total. The summed E-state index contributed by atoms with van der Waals surface area (Å²) in [6, 6.07) is 10.1. The summed E-state index contributed by atoms with van der Waals surface area (Å²) in [5, 5.41) is 19.8. The van der Waals surface area contributed by atoms with Crippen molar-refractivity contribution in [1.82, 2.24) is 15.1 Å². The Hall–Kier alpha value is -1.97. The zero-order valence-corrected chi connectivity index (χ0v) is 14.9. The van der Waals surface area contributed by atoms with Crippen LogP contribution in [0.15, 0.2) is 24.3 Å². The minimum Gasteiger partial charge on any atom is -0.345 e. The molecule has 0 bridgehead atoms. The zero-order chi connectivity index (χ0) is 16.8. The van der Waals surface area contributed by atoms with Crippen molar-refractivity contribution >= 4 is 16.5 Å². The van der Waals surface area contributed by atoms with E-state index in [2.05, 4.69) is 45.1 Å². The van der Waals surface area contributed by atoms with E-state index >= 15 is 0 Å². The molecule has 24 heavy (non-hydrogen) atoms. The maximum Gasteiger partial charge on any atom is 0.208 e. The van der Waals surface area contributed by atoms with E-state index in [0.717, 1.165) is 67.7 Å². The van der Waals surface area contributed by atoms with Crippen molar-refractivity contribution in [2.45, 2.75) is 32.7 Å². The highest BCUT2D eigenvalue weighted by Gasteiger charge is 2.18. The van der Waals surface area contributed by atoms with Crippen LogP contribution in [0.2, 0.25) is 0 Å². The molecule has 1 aliphatic heterocycles. The minimum atomic E-state index is 0.722. The number of hydrogen-bond donors (Lipinski definition) is 0. The summed E-state index contributed by atoms with van der Waals surface area (Å²) in [5.41, 5.74) is 1.99. The van der Waals surface area contributed by atoms with Crippen molar-refractivity contribution in [2.75, 3.05) is 31.1 Å². The summed E-state index contributed by atoms with van der Waals surface area (Å²) >= 11 is 1.74. The molecule has 126 valence electrons. The van der Waals surface area contributed by atoms with Crippen LogP contribution in [0, 0.1) is 11.3 Å². The summed E-state index contributed by atoms with van der Waals surface area (Å²) in [6.07, 6.45) is 3.28. The normalized spacial score (nSPS) is 15.9. The van der Waals surface area contributed by atoms with Gasteiger partial charge in [0.1, 0.15) is 5.01 Å². The van der Waals surface area contributed by atoms with Crippen LogP contribution in [0.5, 0.6) is 0 Å². The first-order chi connectivity index (χ1) is 11.8. The van der Waals surface area contributed by atoms with Gasteiger partial charge in [-0.05, 0) is 30.5 Å². The fourth-order valence-corrected chi connectivity index (χ4v) is 3.94. The van der Waals surface area contributed by atoms with Gasteiger partial charge in [0.2, 0.25) is 5.13 Å². The molecule has 0 aliphatic carbocycles. The van der Waals surface area contributed by atoms with Crippen molar-refractivity contribution in [3.63, 3.8) is 0 Å². The molecule has 1 fully saturated rings. The molecule has 1 aliphatic rings. The van der Waals surface area contributed by atoms with Crippen LogP contribution in [-0.4, -0.2) is 41.3 Å². The van der Waals surface area contributed by atoms with E-state index in [9.17, 15) is 0 Å². The van der Waals surface area contributed by atoms with Gasteiger partial charge in [-0.25, -0.2) is 0 Å². The molecule has 3 rings (SSSR count). The molecule has 0 saturated carbocycles. The average Bonchev–Trinajstić information content (AvgIpc) is 2.94. The lowest BCUT2D eigenvalue weighted by molar-refractivity contribution is 0.285. The van der Waals surface area contributed by atoms with Gasteiger partial charge in [0.25, 0.3) is 0 Å². The number of aryl methyl sites for hydroxylation is 1. The molecule has 6 heteroatoms. The van der Waals surface area contributed by atoms with E-state index in [1.54, 1.807) is 11.3 Å².